The van der Waals surface area contributed by atoms with E-state index in [0.717, 1.165) is 44.8 Å². The summed E-state index contributed by atoms with van der Waals surface area (Å²) in [6, 6.07) is 0. The van der Waals surface area contributed by atoms with E-state index in [9.17, 15) is 4.79 Å². The highest BCUT2D eigenvalue weighted by Gasteiger charge is 2.38. The Balaban J connectivity index is 1.85. The zero-order valence-corrected chi connectivity index (χ0v) is 11.9. The van der Waals surface area contributed by atoms with Gasteiger partial charge in [0.05, 0.1) is 5.41 Å². The minimum absolute atomic E-state index is 0.139. The average Bonchev–Trinajstić information content (AvgIpc) is 2.82. The second-order valence-corrected chi connectivity index (χ2v) is 6.29. The Morgan fingerprint density at radius 2 is 2.22 bits per heavy atom. The molecule has 2 N–H and O–H groups in total. The molecule has 0 radical (unpaired) electrons. The van der Waals surface area contributed by atoms with E-state index in [4.69, 9.17) is 0 Å². The third-order valence-electron chi connectivity index (χ3n) is 5.19. The van der Waals surface area contributed by atoms with Crippen LogP contribution in [-0.2, 0) is 4.79 Å². The fourth-order valence-corrected chi connectivity index (χ4v) is 3.56. The van der Waals surface area contributed by atoms with Gasteiger partial charge in [-0.2, -0.15) is 0 Å². The summed E-state index contributed by atoms with van der Waals surface area (Å²) in [7, 11) is 0. The summed E-state index contributed by atoms with van der Waals surface area (Å²) >= 11 is 0. The number of hydrogen-bond acceptors (Lipinski definition) is 2. The van der Waals surface area contributed by atoms with E-state index in [1.807, 2.05) is 0 Å². The summed E-state index contributed by atoms with van der Waals surface area (Å²) in [6.45, 7) is 7.28. The van der Waals surface area contributed by atoms with Crippen LogP contribution in [0, 0.1) is 17.3 Å². The van der Waals surface area contributed by atoms with Crippen LogP contribution in [0.3, 0.4) is 0 Å². The molecule has 1 saturated carbocycles. The van der Waals surface area contributed by atoms with Crippen LogP contribution in [0.4, 0.5) is 0 Å². The molecule has 0 aromatic carbocycles. The Kier molecular flexibility index (Phi) is 4.66. The van der Waals surface area contributed by atoms with Gasteiger partial charge in [0.25, 0.3) is 0 Å². The molecule has 1 heterocycles. The molecule has 2 rings (SSSR count). The van der Waals surface area contributed by atoms with E-state index in [0.29, 0.717) is 5.92 Å². The summed E-state index contributed by atoms with van der Waals surface area (Å²) < 4.78 is 0. The molecule has 1 aliphatic carbocycles. The van der Waals surface area contributed by atoms with Gasteiger partial charge in [0.1, 0.15) is 0 Å². The molecule has 18 heavy (non-hydrogen) atoms. The van der Waals surface area contributed by atoms with Gasteiger partial charge in [-0.15, -0.1) is 0 Å². The van der Waals surface area contributed by atoms with E-state index in [-0.39, 0.29) is 11.3 Å². The fourth-order valence-electron chi connectivity index (χ4n) is 3.56. The van der Waals surface area contributed by atoms with Crippen molar-refractivity contribution in [1.82, 2.24) is 10.6 Å². The summed E-state index contributed by atoms with van der Waals surface area (Å²) in [5, 5.41) is 6.62. The first-order valence-electron chi connectivity index (χ1n) is 7.67. The Hall–Kier alpha value is -0.570. The van der Waals surface area contributed by atoms with Crippen LogP contribution in [0.5, 0.6) is 0 Å². The van der Waals surface area contributed by atoms with Crippen LogP contribution in [0.2, 0.25) is 0 Å². The largest absolute Gasteiger partial charge is 0.355 e. The highest BCUT2D eigenvalue weighted by atomic mass is 16.2. The third-order valence-corrected chi connectivity index (χ3v) is 5.19. The maximum absolute atomic E-state index is 12.5. The lowest BCUT2D eigenvalue weighted by molar-refractivity contribution is -0.132. The predicted octanol–water partition coefficient (Wildman–Crippen LogP) is 2.32. The first kappa shape index (κ1) is 13.9. The summed E-state index contributed by atoms with van der Waals surface area (Å²) in [6.07, 6.45) is 7.08. The quantitative estimate of drug-likeness (QED) is 0.806. The average molecular weight is 252 g/mol. The molecule has 0 bridgehead atoms. The molecule has 0 spiro atoms. The zero-order valence-electron chi connectivity index (χ0n) is 11.9. The number of carbonyl (C=O) groups is 1. The van der Waals surface area contributed by atoms with E-state index in [1.54, 1.807) is 0 Å². The van der Waals surface area contributed by atoms with Crippen LogP contribution >= 0.6 is 0 Å². The molecular weight excluding hydrogens is 224 g/mol. The van der Waals surface area contributed by atoms with Gasteiger partial charge in [0, 0.05) is 13.1 Å². The van der Waals surface area contributed by atoms with Crippen LogP contribution in [0.1, 0.15) is 52.4 Å². The minimum atomic E-state index is -0.139. The number of piperidine rings is 1. The van der Waals surface area contributed by atoms with Gasteiger partial charge in [0.2, 0.25) is 5.91 Å². The summed E-state index contributed by atoms with van der Waals surface area (Å²) in [5.74, 6) is 1.78. The van der Waals surface area contributed by atoms with Crippen molar-refractivity contribution in [2.75, 3.05) is 19.6 Å². The van der Waals surface area contributed by atoms with E-state index >= 15 is 0 Å². The van der Waals surface area contributed by atoms with Gasteiger partial charge in [-0.3, -0.25) is 4.79 Å². The number of rotatable bonds is 4. The van der Waals surface area contributed by atoms with E-state index in [2.05, 4.69) is 24.5 Å². The van der Waals surface area contributed by atoms with E-state index < -0.39 is 0 Å². The van der Waals surface area contributed by atoms with Crippen molar-refractivity contribution in [1.29, 1.82) is 0 Å². The fraction of sp³-hybridized carbons (Fsp3) is 0.933. The lowest BCUT2D eigenvalue weighted by Crippen LogP contribution is -2.51. The third kappa shape index (κ3) is 2.87. The molecule has 0 aromatic heterocycles. The molecule has 0 aromatic rings. The normalized spacial score (nSPS) is 36.6. The smallest absolute Gasteiger partial charge is 0.227 e. The van der Waals surface area contributed by atoms with Crippen LogP contribution in [0.25, 0.3) is 0 Å². The van der Waals surface area contributed by atoms with Crippen LogP contribution in [0.15, 0.2) is 0 Å². The van der Waals surface area contributed by atoms with Crippen molar-refractivity contribution in [3.63, 3.8) is 0 Å². The zero-order chi connectivity index (χ0) is 13.0. The molecule has 3 nitrogen and oxygen atoms in total. The SMILES string of the molecule is CCC1(C(=O)NCC2CCCC2C)CCCNC1. The summed E-state index contributed by atoms with van der Waals surface area (Å²) in [5.41, 5.74) is -0.139. The molecule has 3 heteroatoms. The Morgan fingerprint density at radius 1 is 1.39 bits per heavy atom. The van der Waals surface area contributed by atoms with E-state index in [1.165, 1.54) is 19.3 Å². The van der Waals surface area contributed by atoms with Crippen LogP contribution < -0.4 is 10.6 Å². The molecule has 1 aliphatic heterocycles. The molecule has 1 amide bonds. The molecule has 3 unspecified atom stereocenters. The van der Waals surface area contributed by atoms with Gasteiger partial charge in [0.15, 0.2) is 0 Å². The van der Waals surface area contributed by atoms with Crippen molar-refractivity contribution >= 4 is 5.91 Å². The minimum Gasteiger partial charge on any atom is -0.355 e. The van der Waals surface area contributed by atoms with Crippen molar-refractivity contribution in [3.05, 3.63) is 0 Å². The number of hydrogen-bond donors (Lipinski definition) is 2. The number of amides is 1. The summed E-state index contributed by atoms with van der Waals surface area (Å²) in [4.78, 5) is 12.5. The van der Waals surface area contributed by atoms with Gasteiger partial charge in [-0.25, -0.2) is 0 Å². The second kappa shape index (κ2) is 6.05. The Bertz CT molecular complexity index is 284. The molecule has 1 saturated heterocycles. The maximum Gasteiger partial charge on any atom is 0.227 e. The van der Waals surface area contributed by atoms with Crippen molar-refractivity contribution in [2.24, 2.45) is 17.3 Å². The lowest BCUT2D eigenvalue weighted by atomic mass is 9.77. The van der Waals surface area contributed by atoms with Crippen molar-refractivity contribution in [2.45, 2.75) is 52.4 Å². The molecule has 2 aliphatic rings. The molecule has 2 fully saturated rings. The topological polar surface area (TPSA) is 41.1 Å². The molecule has 3 atom stereocenters. The second-order valence-electron chi connectivity index (χ2n) is 6.29. The van der Waals surface area contributed by atoms with Crippen molar-refractivity contribution in [3.8, 4) is 0 Å². The molecule has 104 valence electrons. The standard InChI is InChI=1S/C15H28N2O/c1-3-15(8-5-9-16-11-15)14(18)17-10-13-7-4-6-12(13)2/h12-13,16H,3-11H2,1-2H3,(H,17,18). The highest BCUT2D eigenvalue weighted by molar-refractivity contribution is 5.83. The maximum atomic E-state index is 12.5. The first-order valence-corrected chi connectivity index (χ1v) is 7.67. The first-order chi connectivity index (χ1) is 8.68. The molecular formula is C15H28N2O. The predicted molar refractivity (Wildman–Crippen MR) is 74.3 cm³/mol. The van der Waals surface area contributed by atoms with Gasteiger partial charge in [-0.05, 0) is 44.1 Å². The Morgan fingerprint density at radius 3 is 2.78 bits per heavy atom. The number of nitrogens with one attached hydrogen (secondary N) is 2. The van der Waals surface area contributed by atoms with Gasteiger partial charge in [-0.1, -0.05) is 26.7 Å². The van der Waals surface area contributed by atoms with Gasteiger partial charge >= 0.3 is 0 Å². The van der Waals surface area contributed by atoms with Gasteiger partial charge < -0.3 is 10.6 Å². The van der Waals surface area contributed by atoms with Crippen molar-refractivity contribution < 1.29 is 4.79 Å². The Labute approximate surface area is 111 Å². The number of carbonyl (C=O) groups excluding carboxylic acids is 1. The monoisotopic (exact) mass is 252 g/mol. The van der Waals surface area contributed by atoms with Crippen LogP contribution in [-0.4, -0.2) is 25.5 Å². The highest BCUT2D eigenvalue weighted by Crippen LogP contribution is 2.32. The lowest BCUT2D eigenvalue weighted by Gasteiger charge is -2.35.